The molecule has 5 heteroatoms. The number of ether oxygens (including phenoxy) is 1. The van der Waals surface area contributed by atoms with Crippen molar-refractivity contribution in [3.8, 4) is 0 Å². The fourth-order valence-corrected chi connectivity index (χ4v) is 3.40. The van der Waals surface area contributed by atoms with E-state index in [-0.39, 0.29) is 17.4 Å². The van der Waals surface area contributed by atoms with Gasteiger partial charge in [0, 0.05) is 25.2 Å². The fraction of sp³-hybridized carbons (Fsp3) is 1.00. The molecule has 1 unspecified atom stereocenters. The molecule has 0 heterocycles. The van der Waals surface area contributed by atoms with Crippen molar-refractivity contribution >= 4 is 9.84 Å². The van der Waals surface area contributed by atoms with Crippen molar-refractivity contribution in [2.45, 2.75) is 56.6 Å². The van der Waals surface area contributed by atoms with Crippen molar-refractivity contribution in [3.05, 3.63) is 0 Å². The molecule has 1 aliphatic carbocycles. The minimum absolute atomic E-state index is 0.0467. The molecular weight excluding hydrogens is 238 g/mol. The molecule has 1 fully saturated rings. The van der Waals surface area contributed by atoms with Crippen LogP contribution in [-0.2, 0) is 14.6 Å². The number of hydrogen-bond donors (Lipinski definition) is 1. The van der Waals surface area contributed by atoms with Crippen LogP contribution in [0.3, 0.4) is 0 Å². The molecule has 0 bridgehead atoms. The highest BCUT2D eigenvalue weighted by atomic mass is 32.2. The van der Waals surface area contributed by atoms with Crippen molar-refractivity contribution in [3.63, 3.8) is 0 Å². The van der Waals surface area contributed by atoms with Crippen LogP contribution in [0.5, 0.6) is 0 Å². The number of sulfone groups is 1. The first kappa shape index (κ1) is 14.9. The van der Waals surface area contributed by atoms with Gasteiger partial charge in [0.1, 0.15) is 9.84 Å². The molecule has 0 aliphatic heterocycles. The third-order valence-corrected chi connectivity index (χ3v) is 4.84. The van der Waals surface area contributed by atoms with Crippen LogP contribution in [0, 0.1) is 0 Å². The first-order chi connectivity index (χ1) is 7.90. The van der Waals surface area contributed by atoms with Crippen LogP contribution in [-0.4, -0.2) is 39.2 Å². The van der Waals surface area contributed by atoms with E-state index in [2.05, 4.69) is 0 Å². The molecular formula is C12H25NO3S. The van der Waals surface area contributed by atoms with Crippen LogP contribution < -0.4 is 5.73 Å². The summed E-state index contributed by atoms with van der Waals surface area (Å²) in [5.74, 6) is 0.223. The molecule has 17 heavy (non-hydrogen) atoms. The van der Waals surface area contributed by atoms with Crippen LogP contribution in [0.2, 0.25) is 0 Å². The van der Waals surface area contributed by atoms with Crippen molar-refractivity contribution in [2.75, 3.05) is 19.1 Å². The largest absolute Gasteiger partial charge is 0.377 e. The Kier molecular flexibility index (Phi) is 5.41. The third kappa shape index (κ3) is 4.56. The number of methoxy groups -OCH3 is 1. The second-order valence-electron chi connectivity index (χ2n) is 5.21. The van der Waals surface area contributed by atoms with E-state index < -0.39 is 9.84 Å². The Labute approximate surface area is 105 Å². The fourth-order valence-electron chi connectivity index (χ4n) is 2.71. The van der Waals surface area contributed by atoms with Crippen molar-refractivity contribution < 1.29 is 13.2 Å². The normalized spacial score (nSPS) is 22.3. The van der Waals surface area contributed by atoms with Crippen molar-refractivity contribution in [1.29, 1.82) is 0 Å². The third-order valence-electron chi connectivity index (χ3n) is 3.81. The average molecular weight is 263 g/mol. The van der Waals surface area contributed by atoms with Gasteiger partial charge >= 0.3 is 0 Å². The molecule has 1 aliphatic rings. The summed E-state index contributed by atoms with van der Waals surface area (Å²) in [5.41, 5.74) is 5.99. The highest BCUT2D eigenvalue weighted by molar-refractivity contribution is 7.90. The van der Waals surface area contributed by atoms with Crippen LogP contribution in [0.25, 0.3) is 0 Å². The van der Waals surface area contributed by atoms with Gasteiger partial charge in [-0.25, -0.2) is 8.42 Å². The maximum Gasteiger partial charge on any atom is 0.147 e. The second-order valence-corrected chi connectivity index (χ2v) is 7.47. The molecule has 102 valence electrons. The zero-order valence-electron chi connectivity index (χ0n) is 10.9. The Bertz CT molecular complexity index is 321. The molecule has 0 spiro atoms. The number of nitrogens with two attached hydrogens (primary N) is 1. The Hall–Kier alpha value is -0.130. The van der Waals surface area contributed by atoms with E-state index in [1.807, 2.05) is 0 Å². The minimum Gasteiger partial charge on any atom is -0.377 e. The smallest absolute Gasteiger partial charge is 0.147 e. The first-order valence-electron chi connectivity index (χ1n) is 6.38. The maximum absolute atomic E-state index is 11.1. The predicted molar refractivity (Wildman–Crippen MR) is 69.7 cm³/mol. The molecule has 4 nitrogen and oxygen atoms in total. The Balaban J connectivity index is 2.46. The van der Waals surface area contributed by atoms with E-state index in [1.165, 1.54) is 12.7 Å². The van der Waals surface area contributed by atoms with Crippen LogP contribution >= 0.6 is 0 Å². The summed E-state index contributed by atoms with van der Waals surface area (Å²) in [7, 11) is -1.15. The van der Waals surface area contributed by atoms with Crippen molar-refractivity contribution in [1.82, 2.24) is 0 Å². The van der Waals surface area contributed by atoms with E-state index in [0.717, 1.165) is 32.1 Å². The maximum atomic E-state index is 11.1. The SMILES string of the molecule is COC1(C(N)CCCS(C)(=O)=O)CCCCC1. The van der Waals surface area contributed by atoms with Gasteiger partial charge in [-0.15, -0.1) is 0 Å². The Morgan fingerprint density at radius 2 is 1.88 bits per heavy atom. The number of hydrogen-bond acceptors (Lipinski definition) is 4. The lowest BCUT2D eigenvalue weighted by atomic mass is 9.78. The highest BCUT2D eigenvalue weighted by Crippen LogP contribution is 2.34. The highest BCUT2D eigenvalue weighted by Gasteiger charge is 2.37. The minimum atomic E-state index is -2.87. The summed E-state index contributed by atoms with van der Waals surface area (Å²) in [5, 5.41) is 0. The lowest BCUT2D eigenvalue weighted by Gasteiger charge is -2.40. The Morgan fingerprint density at radius 1 is 1.29 bits per heavy atom. The molecule has 0 saturated heterocycles. The molecule has 1 rings (SSSR count). The van der Waals surface area contributed by atoms with E-state index >= 15 is 0 Å². The molecule has 2 N–H and O–H groups in total. The van der Waals surface area contributed by atoms with E-state index in [0.29, 0.717) is 6.42 Å². The van der Waals surface area contributed by atoms with E-state index in [1.54, 1.807) is 7.11 Å². The lowest BCUT2D eigenvalue weighted by Crippen LogP contribution is -2.50. The van der Waals surface area contributed by atoms with Crippen LogP contribution in [0.15, 0.2) is 0 Å². The summed E-state index contributed by atoms with van der Waals surface area (Å²) in [6.07, 6.45) is 8.20. The van der Waals surface area contributed by atoms with Gasteiger partial charge in [-0.1, -0.05) is 19.3 Å². The standard InChI is InChI=1S/C12H25NO3S/c1-16-12(8-4-3-5-9-12)11(13)7-6-10-17(2,14)15/h11H,3-10,13H2,1-2H3. The van der Waals surface area contributed by atoms with Crippen molar-refractivity contribution in [2.24, 2.45) is 5.73 Å². The number of rotatable bonds is 6. The zero-order chi connectivity index (χ0) is 12.9. The van der Waals surface area contributed by atoms with Gasteiger partial charge in [0.25, 0.3) is 0 Å². The predicted octanol–water partition coefficient (Wildman–Crippen LogP) is 1.49. The molecule has 0 aromatic heterocycles. The van der Waals surface area contributed by atoms with E-state index in [9.17, 15) is 8.42 Å². The second kappa shape index (κ2) is 6.16. The van der Waals surface area contributed by atoms with Gasteiger partial charge < -0.3 is 10.5 Å². The Morgan fingerprint density at radius 3 is 2.35 bits per heavy atom. The van der Waals surface area contributed by atoms with Gasteiger partial charge in [-0.05, 0) is 25.7 Å². The first-order valence-corrected chi connectivity index (χ1v) is 8.44. The molecule has 0 aromatic carbocycles. The average Bonchev–Trinajstić information content (AvgIpc) is 2.28. The summed E-state index contributed by atoms with van der Waals surface area (Å²) in [6, 6.07) is -0.0467. The molecule has 1 atom stereocenters. The molecule has 0 aromatic rings. The van der Waals surface area contributed by atoms with Gasteiger partial charge in [-0.3, -0.25) is 0 Å². The lowest BCUT2D eigenvalue weighted by molar-refractivity contribution is -0.0601. The quantitative estimate of drug-likeness (QED) is 0.788. The molecule has 1 saturated carbocycles. The van der Waals surface area contributed by atoms with E-state index in [4.69, 9.17) is 10.5 Å². The molecule has 0 radical (unpaired) electrons. The van der Waals surface area contributed by atoms with Gasteiger partial charge in [0.15, 0.2) is 0 Å². The van der Waals surface area contributed by atoms with Gasteiger partial charge in [0.2, 0.25) is 0 Å². The summed E-state index contributed by atoms with van der Waals surface area (Å²) < 4.78 is 27.8. The van der Waals surface area contributed by atoms with Gasteiger partial charge in [-0.2, -0.15) is 0 Å². The monoisotopic (exact) mass is 263 g/mol. The topological polar surface area (TPSA) is 69.4 Å². The zero-order valence-corrected chi connectivity index (χ0v) is 11.8. The summed E-state index contributed by atoms with van der Waals surface area (Å²) >= 11 is 0. The van der Waals surface area contributed by atoms with Crippen LogP contribution in [0.4, 0.5) is 0 Å². The summed E-state index contributed by atoms with van der Waals surface area (Å²) in [6.45, 7) is 0. The summed E-state index contributed by atoms with van der Waals surface area (Å²) in [4.78, 5) is 0. The van der Waals surface area contributed by atoms with Gasteiger partial charge in [0.05, 0.1) is 5.60 Å². The van der Waals surface area contributed by atoms with Crippen LogP contribution in [0.1, 0.15) is 44.9 Å². The molecule has 0 amide bonds.